The van der Waals surface area contributed by atoms with Gasteiger partial charge in [0, 0.05) is 13.2 Å². The Morgan fingerprint density at radius 2 is 2.11 bits per heavy atom. The highest BCUT2D eigenvalue weighted by molar-refractivity contribution is 5.33. The highest BCUT2D eigenvalue weighted by atomic mass is 16.5. The van der Waals surface area contributed by atoms with Gasteiger partial charge < -0.3 is 4.74 Å². The van der Waals surface area contributed by atoms with E-state index in [1.54, 1.807) is 0 Å². The summed E-state index contributed by atoms with van der Waals surface area (Å²) < 4.78 is 5.70. The minimum absolute atomic E-state index is 0.0349. The molecule has 100 valence electrons. The molecule has 3 nitrogen and oxygen atoms in total. The quantitative estimate of drug-likeness (QED) is 0.622. The number of nitrogens with one attached hydrogen (secondary N) is 1. The van der Waals surface area contributed by atoms with Crippen LogP contribution in [0.3, 0.4) is 0 Å². The second-order valence-corrected chi connectivity index (χ2v) is 5.52. The van der Waals surface area contributed by atoms with Crippen molar-refractivity contribution >= 4 is 0 Å². The van der Waals surface area contributed by atoms with Crippen molar-refractivity contribution in [3.05, 3.63) is 34.9 Å². The summed E-state index contributed by atoms with van der Waals surface area (Å²) in [5, 5.41) is 0. The maximum absolute atomic E-state index is 5.76. The van der Waals surface area contributed by atoms with Gasteiger partial charge in [0.05, 0.1) is 5.60 Å². The van der Waals surface area contributed by atoms with Gasteiger partial charge in [-0.2, -0.15) is 0 Å². The van der Waals surface area contributed by atoms with Crippen LogP contribution >= 0.6 is 0 Å². The fraction of sp³-hybridized carbons (Fsp3) is 0.600. The van der Waals surface area contributed by atoms with Crippen LogP contribution in [0, 0.1) is 13.8 Å². The SMILES string of the molecule is COC1(CC(NN)c2cc(C)ccc2C)CCC1. The van der Waals surface area contributed by atoms with Crippen LogP contribution in [0.15, 0.2) is 18.2 Å². The van der Waals surface area contributed by atoms with Gasteiger partial charge in [0.25, 0.3) is 0 Å². The van der Waals surface area contributed by atoms with E-state index in [-0.39, 0.29) is 11.6 Å². The third-order valence-corrected chi connectivity index (χ3v) is 4.29. The fourth-order valence-electron chi connectivity index (χ4n) is 2.83. The van der Waals surface area contributed by atoms with Crippen molar-refractivity contribution in [2.24, 2.45) is 5.84 Å². The third kappa shape index (κ3) is 2.58. The number of rotatable bonds is 5. The molecule has 3 N–H and O–H groups in total. The van der Waals surface area contributed by atoms with E-state index in [0.717, 1.165) is 19.3 Å². The second kappa shape index (κ2) is 5.39. The molecular weight excluding hydrogens is 224 g/mol. The first-order valence-corrected chi connectivity index (χ1v) is 6.69. The summed E-state index contributed by atoms with van der Waals surface area (Å²) in [5.74, 6) is 5.76. The van der Waals surface area contributed by atoms with Crippen LogP contribution < -0.4 is 11.3 Å². The maximum atomic E-state index is 5.76. The molecule has 3 heteroatoms. The number of ether oxygens (including phenoxy) is 1. The van der Waals surface area contributed by atoms with Gasteiger partial charge in [-0.1, -0.05) is 23.8 Å². The molecule has 0 aromatic heterocycles. The minimum Gasteiger partial charge on any atom is -0.378 e. The van der Waals surface area contributed by atoms with Crippen LogP contribution in [-0.4, -0.2) is 12.7 Å². The molecule has 1 saturated carbocycles. The van der Waals surface area contributed by atoms with Gasteiger partial charge >= 0.3 is 0 Å². The van der Waals surface area contributed by atoms with E-state index in [1.807, 2.05) is 7.11 Å². The molecule has 0 saturated heterocycles. The normalized spacial score (nSPS) is 19.3. The molecule has 2 rings (SSSR count). The number of nitrogens with two attached hydrogens (primary N) is 1. The van der Waals surface area contributed by atoms with Gasteiger partial charge in [-0.15, -0.1) is 0 Å². The summed E-state index contributed by atoms with van der Waals surface area (Å²) in [6, 6.07) is 6.70. The third-order valence-electron chi connectivity index (χ3n) is 4.29. The summed E-state index contributed by atoms with van der Waals surface area (Å²) in [4.78, 5) is 0. The minimum atomic E-state index is 0.0349. The highest BCUT2D eigenvalue weighted by Crippen LogP contribution is 2.42. The van der Waals surface area contributed by atoms with E-state index in [1.165, 1.54) is 23.1 Å². The van der Waals surface area contributed by atoms with Crippen LogP contribution in [0.4, 0.5) is 0 Å². The van der Waals surface area contributed by atoms with Crippen LogP contribution in [0.2, 0.25) is 0 Å². The Hall–Kier alpha value is -0.900. The van der Waals surface area contributed by atoms with Crippen molar-refractivity contribution in [3.63, 3.8) is 0 Å². The van der Waals surface area contributed by atoms with Gasteiger partial charge in [0.1, 0.15) is 0 Å². The smallest absolute Gasteiger partial charge is 0.0697 e. The van der Waals surface area contributed by atoms with Gasteiger partial charge in [-0.05, 0) is 50.7 Å². The molecule has 18 heavy (non-hydrogen) atoms. The molecule has 1 atom stereocenters. The van der Waals surface area contributed by atoms with E-state index < -0.39 is 0 Å². The molecule has 0 spiro atoms. The van der Waals surface area contributed by atoms with Gasteiger partial charge in [-0.3, -0.25) is 11.3 Å². The fourth-order valence-corrected chi connectivity index (χ4v) is 2.83. The van der Waals surface area contributed by atoms with Gasteiger partial charge in [0.15, 0.2) is 0 Å². The molecule has 0 amide bonds. The molecule has 0 aliphatic heterocycles. The Kier molecular flexibility index (Phi) is 4.05. The highest BCUT2D eigenvalue weighted by Gasteiger charge is 2.39. The lowest BCUT2D eigenvalue weighted by molar-refractivity contribution is -0.0838. The molecule has 1 aromatic rings. The number of hydrogen-bond acceptors (Lipinski definition) is 3. The Labute approximate surface area is 110 Å². The maximum Gasteiger partial charge on any atom is 0.0697 e. The van der Waals surface area contributed by atoms with Crippen molar-refractivity contribution in [1.82, 2.24) is 5.43 Å². The van der Waals surface area contributed by atoms with E-state index >= 15 is 0 Å². The molecule has 1 unspecified atom stereocenters. The lowest BCUT2D eigenvalue weighted by Gasteiger charge is -2.43. The summed E-state index contributed by atoms with van der Waals surface area (Å²) in [5.41, 5.74) is 6.85. The number of methoxy groups -OCH3 is 1. The zero-order chi connectivity index (χ0) is 13.2. The molecule has 1 fully saturated rings. The lowest BCUT2D eigenvalue weighted by atomic mass is 9.74. The van der Waals surface area contributed by atoms with E-state index in [4.69, 9.17) is 10.6 Å². The standard InChI is InChI=1S/C15H24N2O/c1-11-5-6-12(2)13(9-11)14(17-16)10-15(18-3)7-4-8-15/h5-6,9,14,17H,4,7-8,10,16H2,1-3H3. The van der Waals surface area contributed by atoms with Crippen LogP contribution in [0.25, 0.3) is 0 Å². The molecule has 1 aliphatic rings. The molecular formula is C15H24N2O. The number of hydrogen-bond donors (Lipinski definition) is 2. The molecule has 0 bridgehead atoms. The first-order valence-electron chi connectivity index (χ1n) is 6.69. The first kappa shape index (κ1) is 13.5. The van der Waals surface area contributed by atoms with Gasteiger partial charge in [0.2, 0.25) is 0 Å². The molecule has 1 aliphatic carbocycles. The Morgan fingerprint density at radius 3 is 2.61 bits per heavy atom. The lowest BCUT2D eigenvalue weighted by Crippen LogP contribution is -2.44. The Bertz CT molecular complexity index is 407. The zero-order valence-corrected chi connectivity index (χ0v) is 11.6. The summed E-state index contributed by atoms with van der Waals surface area (Å²) in [6.07, 6.45) is 4.50. The van der Waals surface area contributed by atoms with E-state index in [0.29, 0.717) is 0 Å². The molecule has 0 heterocycles. The van der Waals surface area contributed by atoms with Crippen LogP contribution in [0.5, 0.6) is 0 Å². The summed E-state index contributed by atoms with van der Waals surface area (Å²) >= 11 is 0. The van der Waals surface area contributed by atoms with Crippen LogP contribution in [-0.2, 0) is 4.74 Å². The van der Waals surface area contributed by atoms with Crippen LogP contribution in [0.1, 0.15) is 48.4 Å². The van der Waals surface area contributed by atoms with E-state index in [9.17, 15) is 0 Å². The number of hydrazine groups is 1. The predicted molar refractivity (Wildman–Crippen MR) is 74.2 cm³/mol. The largest absolute Gasteiger partial charge is 0.378 e. The number of benzene rings is 1. The first-order chi connectivity index (χ1) is 8.60. The monoisotopic (exact) mass is 248 g/mol. The van der Waals surface area contributed by atoms with Crippen molar-refractivity contribution in [3.8, 4) is 0 Å². The average Bonchev–Trinajstić information content (AvgIpc) is 2.32. The van der Waals surface area contributed by atoms with Crippen molar-refractivity contribution < 1.29 is 4.74 Å². The van der Waals surface area contributed by atoms with Gasteiger partial charge in [-0.25, -0.2) is 0 Å². The zero-order valence-electron chi connectivity index (χ0n) is 11.6. The van der Waals surface area contributed by atoms with Crippen molar-refractivity contribution in [2.75, 3.05) is 7.11 Å². The van der Waals surface area contributed by atoms with Crippen molar-refractivity contribution in [1.29, 1.82) is 0 Å². The van der Waals surface area contributed by atoms with Crippen molar-refractivity contribution in [2.45, 2.75) is 51.2 Å². The summed E-state index contributed by atoms with van der Waals surface area (Å²) in [7, 11) is 1.82. The second-order valence-electron chi connectivity index (χ2n) is 5.52. The molecule has 0 radical (unpaired) electrons. The number of aryl methyl sites for hydroxylation is 2. The molecule has 1 aromatic carbocycles. The van der Waals surface area contributed by atoms with E-state index in [2.05, 4.69) is 37.5 Å². The average molecular weight is 248 g/mol. The Morgan fingerprint density at radius 1 is 1.39 bits per heavy atom. The topological polar surface area (TPSA) is 47.3 Å². The summed E-state index contributed by atoms with van der Waals surface area (Å²) in [6.45, 7) is 4.26. The Balaban J connectivity index is 2.20. The predicted octanol–water partition coefficient (Wildman–Crippen LogP) is 2.77.